The Labute approximate surface area is 154 Å². The molecular formula is C17H17FN2O4S2. The minimum absolute atomic E-state index is 0.0552. The van der Waals surface area contributed by atoms with Crippen LogP contribution in [-0.2, 0) is 10.0 Å². The predicted molar refractivity (Wildman–Crippen MR) is 100 cm³/mol. The van der Waals surface area contributed by atoms with E-state index in [9.17, 15) is 12.8 Å². The maximum atomic E-state index is 12.8. The summed E-state index contributed by atoms with van der Waals surface area (Å²) >= 11 is 1.23. The van der Waals surface area contributed by atoms with Gasteiger partial charge in [0.1, 0.15) is 29.7 Å². The molecule has 0 aliphatic rings. The molecule has 3 rings (SSSR count). The lowest BCUT2D eigenvalue weighted by Crippen LogP contribution is -2.21. The molecule has 6 nitrogen and oxygen atoms in total. The highest BCUT2D eigenvalue weighted by Crippen LogP contribution is 2.29. The molecule has 0 atom stereocenters. The third-order valence-electron chi connectivity index (χ3n) is 3.35. The van der Waals surface area contributed by atoms with Gasteiger partial charge < -0.3 is 9.47 Å². The van der Waals surface area contributed by atoms with E-state index in [1.54, 1.807) is 12.1 Å². The number of sulfonamides is 1. The molecule has 0 aliphatic heterocycles. The second-order valence-corrected chi connectivity index (χ2v) is 8.18. The van der Waals surface area contributed by atoms with Crippen molar-refractivity contribution in [3.05, 3.63) is 48.3 Å². The van der Waals surface area contributed by atoms with Crippen LogP contribution in [-0.4, -0.2) is 32.4 Å². The summed E-state index contributed by atoms with van der Waals surface area (Å²) in [6.45, 7) is 2.39. The van der Waals surface area contributed by atoms with Crippen LogP contribution in [0.4, 0.5) is 9.52 Å². The number of rotatable bonds is 8. The summed E-state index contributed by atoms with van der Waals surface area (Å²) in [4.78, 5) is 4.27. The van der Waals surface area contributed by atoms with Gasteiger partial charge in [0.15, 0.2) is 5.13 Å². The van der Waals surface area contributed by atoms with Gasteiger partial charge in [-0.25, -0.2) is 17.8 Å². The molecule has 0 fully saturated rings. The number of nitrogens with zero attached hydrogens (tertiary/aromatic N) is 1. The maximum absolute atomic E-state index is 12.8. The van der Waals surface area contributed by atoms with E-state index in [-0.39, 0.29) is 23.3 Å². The zero-order valence-electron chi connectivity index (χ0n) is 13.9. The lowest BCUT2D eigenvalue weighted by molar-refractivity contribution is 0.340. The van der Waals surface area contributed by atoms with Crippen LogP contribution in [0.25, 0.3) is 10.2 Å². The summed E-state index contributed by atoms with van der Waals surface area (Å²) in [5.74, 6) is 0.496. The molecule has 0 saturated carbocycles. The van der Waals surface area contributed by atoms with E-state index in [0.717, 1.165) is 4.70 Å². The van der Waals surface area contributed by atoms with Gasteiger partial charge in [-0.15, -0.1) is 0 Å². The topological polar surface area (TPSA) is 77.5 Å². The second-order valence-electron chi connectivity index (χ2n) is 5.30. The van der Waals surface area contributed by atoms with Crippen molar-refractivity contribution in [3.63, 3.8) is 0 Å². The quantitative estimate of drug-likeness (QED) is 0.629. The van der Waals surface area contributed by atoms with Crippen molar-refractivity contribution in [1.82, 2.24) is 4.98 Å². The van der Waals surface area contributed by atoms with E-state index in [0.29, 0.717) is 23.6 Å². The number of benzene rings is 2. The van der Waals surface area contributed by atoms with Gasteiger partial charge in [0.05, 0.1) is 16.8 Å². The molecule has 0 bridgehead atoms. The van der Waals surface area contributed by atoms with Crippen LogP contribution in [0.15, 0.2) is 42.5 Å². The van der Waals surface area contributed by atoms with Crippen molar-refractivity contribution in [3.8, 4) is 11.5 Å². The Kier molecular flexibility index (Phi) is 5.58. The fourth-order valence-corrected chi connectivity index (χ4v) is 4.20. The molecule has 138 valence electrons. The highest BCUT2D eigenvalue weighted by atomic mass is 32.2. The Hall–Kier alpha value is -2.39. The van der Waals surface area contributed by atoms with E-state index in [2.05, 4.69) is 9.71 Å². The largest absolute Gasteiger partial charge is 0.494 e. The standard InChI is InChI=1S/C17H17FN2O4S2/c1-2-23-14-7-8-15-16(11-14)25-17(19-15)20-26(21,22)10-9-24-13-5-3-12(18)4-6-13/h3-8,11H,2,9-10H2,1H3,(H,19,20). The van der Waals surface area contributed by atoms with E-state index < -0.39 is 10.0 Å². The Morgan fingerprint density at radius 2 is 1.85 bits per heavy atom. The molecule has 0 saturated heterocycles. The van der Waals surface area contributed by atoms with Gasteiger partial charge in [0, 0.05) is 0 Å². The van der Waals surface area contributed by atoms with E-state index >= 15 is 0 Å². The minimum Gasteiger partial charge on any atom is -0.494 e. The van der Waals surface area contributed by atoms with Gasteiger partial charge in [-0.1, -0.05) is 11.3 Å². The van der Waals surface area contributed by atoms with Crippen molar-refractivity contribution < 1.29 is 22.3 Å². The molecule has 0 radical (unpaired) electrons. The summed E-state index contributed by atoms with van der Waals surface area (Å²) in [5, 5.41) is 0.287. The molecule has 0 aliphatic carbocycles. The summed E-state index contributed by atoms with van der Waals surface area (Å²) in [5.41, 5.74) is 0.693. The summed E-state index contributed by atoms with van der Waals surface area (Å²) in [6, 6.07) is 10.8. The number of halogens is 1. The zero-order valence-corrected chi connectivity index (χ0v) is 15.6. The van der Waals surface area contributed by atoms with Crippen LogP contribution in [0.5, 0.6) is 11.5 Å². The Balaban J connectivity index is 1.61. The molecule has 0 spiro atoms. The summed E-state index contributed by atoms with van der Waals surface area (Å²) < 4.78 is 51.2. The molecular weight excluding hydrogens is 379 g/mol. The molecule has 3 aromatic rings. The third kappa shape index (κ3) is 4.83. The highest BCUT2D eigenvalue weighted by Gasteiger charge is 2.14. The maximum Gasteiger partial charge on any atom is 0.237 e. The first-order valence-electron chi connectivity index (χ1n) is 7.87. The van der Waals surface area contributed by atoms with Crippen molar-refractivity contribution >= 4 is 36.7 Å². The fourth-order valence-electron chi connectivity index (χ4n) is 2.19. The molecule has 0 amide bonds. The van der Waals surface area contributed by atoms with Crippen LogP contribution in [0, 0.1) is 5.82 Å². The molecule has 2 aromatic carbocycles. The average Bonchev–Trinajstić information content (AvgIpc) is 2.97. The SMILES string of the molecule is CCOc1ccc2nc(NS(=O)(=O)CCOc3ccc(F)cc3)sc2c1. The lowest BCUT2D eigenvalue weighted by Gasteiger charge is -2.07. The van der Waals surface area contributed by atoms with Gasteiger partial charge in [0.2, 0.25) is 10.0 Å². The number of thiazole rings is 1. The Morgan fingerprint density at radius 1 is 1.12 bits per heavy atom. The molecule has 26 heavy (non-hydrogen) atoms. The highest BCUT2D eigenvalue weighted by molar-refractivity contribution is 7.92. The first-order valence-corrected chi connectivity index (χ1v) is 10.3. The van der Waals surface area contributed by atoms with Gasteiger partial charge in [0.25, 0.3) is 0 Å². The van der Waals surface area contributed by atoms with Crippen LogP contribution < -0.4 is 14.2 Å². The van der Waals surface area contributed by atoms with Crippen molar-refractivity contribution in [2.24, 2.45) is 0 Å². The summed E-state index contributed by atoms with van der Waals surface area (Å²) in [6.07, 6.45) is 0. The van der Waals surface area contributed by atoms with Gasteiger partial charge >= 0.3 is 0 Å². The number of ether oxygens (including phenoxy) is 2. The molecule has 1 N–H and O–H groups in total. The third-order valence-corrected chi connectivity index (χ3v) is 5.62. The van der Waals surface area contributed by atoms with Crippen molar-refractivity contribution in [2.45, 2.75) is 6.92 Å². The zero-order chi connectivity index (χ0) is 18.6. The number of aromatic nitrogens is 1. The number of nitrogens with one attached hydrogen (secondary N) is 1. The molecule has 9 heteroatoms. The van der Waals surface area contributed by atoms with Crippen molar-refractivity contribution in [2.75, 3.05) is 23.7 Å². The smallest absolute Gasteiger partial charge is 0.237 e. The minimum atomic E-state index is -3.61. The molecule has 1 aromatic heterocycles. The fraction of sp³-hybridized carbons (Fsp3) is 0.235. The number of anilines is 1. The van der Waals surface area contributed by atoms with Crippen LogP contribution in [0.2, 0.25) is 0 Å². The number of hydrogen-bond acceptors (Lipinski definition) is 6. The van der Waals surface area contributed by atoms with Crippen LogP contribution in [0.3, 0.4) is 0 Å². The molecule has 1 heterocycles. The van der Waals surface area contributed by atoms with Crippen LogP contribution in [0.1, 0.15) is 6.92 Å². The monoisotopic (exact) mass is 396 g/mol. The summed E-state index contributed by atoms with van der Waals surface area (Å²) in [7, 11) is -3.61. The Morgan fingerprint density at radius 3 is 2.58 bits per heavy atom. The van der Waals surface area contributed by atoms with Gasteiger partial charge in [-0.2, -0.15) is 0 Å². The number of fused-ring (bicyclic) bond motifs is 1. The Bertz CT molecular complexity index is 988. The van der Waals surface area contributed by atoms with Gasteiger partial charge in [-0.3, -0.25) is 4.72 Å². The van der Waals surface area contributed by atoms with Crippen LogP contribution >= 0.6 is 11.3 Å². The van der Waals surface area contributed by atoms with E-state index in [4.69, 9.17) is 9.47 Å². The second kappa shape index (κ2) is 7.88. The van der Waals surface area contributed by atoms with Gasteiger partial charge in [-0.05, 0) is 49.4 Å². The average molecular weight is 396 g/mol. The lowest BCUT2D eigenvalue weighted by atomic mass is 10.3. The van der Waals surface area contributed by atoms with Crippen molar-refractivity contribution in [1.29, 1.82) is 0 Å². The van der Waals surface area contributed by atoms with E-state index in [1.165, 1.54) is 35.6 Å². The van der Waals surface area contributed by atoms with E-state index in [1.807, 2.05) is 13.0 Å². The predicted octanol–water partition coefficient (Wildman–Crippen LogP) is 3.65. The molecule has 0 unspecified atom stereocenters. The first-order chi connectivity index (χ1) is 12.4. The first kappa shape index (κ1) is 18.4. The normalized spacial score (nSPS) is 11.5. The number of hydrogen-bond donors (Lipinski definition) is 1.